The van der Waals surface area contributed by atoms with E-state index < -0.39 is 5.82 Å². The molecule has 0 unspecified atom stereocenters. The number of para-hydroxylation sites is 2. The van der Waals surface area contributed by atoms with E-state index >= 15 is 0 Å². The van der Waals surface area contributed by atoms with Crippen LogP contribution in [0.4, 0.5) is 4.39 Å². The van der Waals surface area contributed by atoms with Crippen molar-refractivity contribution >= 4 is 5.91 Å². The summed E-state index contributed by atoms with van der Waals surface area (Å²) in [6.45, 7) is 4.33. The largest absolute Gasteiger partial charge is 0.505 e. The van der Waals surface area contributed by atoms with Crippen LogP contribution in [0.15, 0.2) is 36.4 Å². The van der Waals surface area contributed by atoms with Crippen LogP contribution < -0.4 is 14.8 Å². The number of rotatable bonds is 4. The normalized spacial score (nSPS) is 16.3. The second-order valence-corrected chi connectivity index (χ2v) is 7.33. The summed E-state index contributed by atoms with van der Waals surface area (Å²) in [6.07, 6.45) is 2.71. The van der Waals surface area contributed by atoms with E-state index in [1.807, 2.05) is 30.0 Å². The van der Waals surface area contributed by atoms with Gasteiger partial charge in [-0.1, -0.05) is 24.3 Å². The molecule has 0 aromatic heterocycles. The Morgan fingerprint density at radius 3 is 2.83 bits per heavy atom. The predicted molar refractivity (Wildman–Crippen MR) is 112 cm³/mol. The highest BCUT2D eigenvalue weighted by Gasteiger charge is 2.19. The first-order valence-electron chi connectivity index (χ1n) is 10.4. The number of benzene rings is 2. The molecule has 30 heavy (non-hydrogen) atoms. The Morgan fingerprint density at radius 1 is 1.17 bits per heavy atom. The smallest absolute Gasteiger partial charge is 0.234 e. The summed E-state index contributed by atoms with van der Waals surface area (Å²) in [5.41, 5.74) is 1.31. The molecule has 0 bridgehead atoms. The first-order valence-corrected chi connectivity index (χ1v) is 10.4. The standard InChI is InChI=1S/C23H29FN2O4/c1-2-29-20-11-7-9-18-15-26(14-17-8-6-10-19(24)22(17)28)16-21(27)25-12-4-3-5-13-30-23(18)20/h6-11,28H,2-5,12-16H2,1H3,(H,25,27). The van der Waals surface area contributed by atoms with Gasteiger partial charge in [0, 0.05) is 30.8 Å². The SMILES string of the molecule is CCOc1cccc2c1OCCCCCNC(=O)CN(Cc1cccc(F)c1O)C2. The molecular weight excluding hydrogens is 387 g/mol. The molecule has 162 valence electrons. The van der Waals surface area contributed by atoms with E-state index in [1.54, 1.807) is 12.1 Å². The first-order chi connectivity index (χ1) is 14.6. The van der Waals surface area contributed by atoms with Crippen LogP contribution >= 0.6 is 0 Å². The lowest BCUT2D eigenvalue weighted by molar-refractivity contribution is -0.122. The van der Waals surface area contributed by atoms with E-state index in [0.717, 1.165) is 24.8 Å². The molecular formula is C23H29FN2O4. The molecule has 0 spiro atoms. The molecule has 0 radical (unpaired) electrons. The molecule has 3 rings (SSSR count). The van der Waals surface area contributed by atoms with Gasteiger partial charge in [0.05, 0.1) is 19.8 Å². The van der Waals surface area contributed by atoms with Gasteiger partial charge in [-0.3, -0.25) is 9.69 Å². The molecule has 2 aromatic rings. The Balaban J connectivity index is 1.92. The van der Waals surface area contributed by atoms with Crippen molar-refractivity contribution in [3.63, 3.8) is 0 Å². The molecule has 6 nitrogen and oxygen atoms in total. The van der Waals surface area contributed by atoms with Crippen LogP contribution in [0.3, 0.4) is 0 Å². The zero-order valence-corrected chi connectivity index (χ0v) is 17.3. The molecule has 1 amide bonds. The average Bonchev–Trinajstić information content (AvgIpc) is 2.73. The predicted octanol–water partition coefficient (Wildman–Crippen LogP) is 3.61. The summed E-state index contributed by atoms with van der Waals surface area (Å²) < 4.78 is 25.6. The number of carbonyl (C=O) groups is 1. The fraction of sp³-hybridized carbons (Fsp3) is 0.435. The fourth-order valence-electron chi connectivity index (χ4n) is 3.52. The molecule has 0 aliphatic carbocycles. The number of carbonyl (C=O) groups excluding carboxylic acids is 1. The molecule has 7 heteroatoms. The van der Waals surface area contributed by atoms with Crippen molar-refractivity contribution < 1.29 is 23.8 Å². The number of phenolic OH excluding ortho intramolecular Hbond substituents is 1. The Morgan fingerprint density at radius 2 is 2.00 bits per heavy atom. The third kappa shape index (κ3) is 5.86. The Labute approximate surface area is 176 Å². The van der Waals surface area contributed by atoms with Gasteiger partial charge in [-0.15, -0.1) is 0 Å². The molecule has 0 fully saturated rings. The van der Waals surface area contributed by atoms with Gasteiger partial charge in [-0.05, 0) is 38.3 Å². The van der Waals surface area contributed by atoms with Crippen molar-refractivity contribution in [2.24, 2.45) is 0 Å². The summed E-state index contributed by atoms with van der Waals surface area (Å²) in [5, 5.41) is 13.0. The minimum atomic E-state index is -0.676. The third-order valence-electron chi connectivity index (χ3n) is 4.98. The van der Waals surface area contributed by atoms with Crippen molar-refractivity contribution in [1.29, 1.82) is 0 Å². The lowest BCUT2D eigenvalue weighted by Gasteiger charge is -2.24. The van der Waals surface area contributed by atoms with E-state index in [0.29, 0.717) is 43.4 Å². The zero-order chi connectivity index (χ0) is 21.3. The van der Waals surface area contributed by atoms with Gasteiger partial charge in [0.15, 0.2) is 23.1 Å². The van der Waals surface area contributed by atoms with Crippen LogP contribution in [0.2, 0.25) is 0 Å². The maximum atomic E-state index is 13.8. The van der Waals surface area contributed by atoms with Crippen LogP contribution in [0.1, 0.15) is 37.3 Å². The fourth-order valence-corrected chi connectivity index (χ4v) is 3.52. The first kappa shape index (κ1) is 21.9. The van der Waals surface area contributed by atoms with Crippen LogP contribution in [-0.2, 0) is 17.9 Å². The zero-order valence-electron chi connectivity index (χ0n) is 17.3. The number of amides is 1. The molecule has 2 aromatic carbocycles. The molecule has 0 atom stereocenters. The maximum Gasteiger partial charge on any atom is 0.234 e. The van der Waals surface area contributed by atoms with Gasteiger partial charge in [-0.25, -0.2) is 4.39 Å². The van der Waals surface area contributed by atoms with Crippen molar-refractivity contribution in [1.82, 2.24) is 10.2 Å². The lowest BCUT2D eigenvalue weighted by Crippen LogP contribution is -2.37. The number of nitrogens with one attached hydrogen (secondary N) is 1. The minimum absolute atomic E-state index is 0.103. The third-order valence-corrected chi connectivity index (χ3v) is 4.98. The average molecular weight is 416 g/mol. The highest BCUT2D eigenvalue weighted by Crippen LogP contribution is 2.33. The number of fused-ring (bicyclic) bond motifs is 1. The van der Waals surface area contributed by atoms with E-state index in [9.17, 15) is 14.3 Å². The number of hydrogen-bond donors (Lipinski definition) is 2. The van der Waals surface area contributed by atoms with Crippen LogP contribution in [0.25, 0.3) is 0 Å². The van der Waals surface area contributed by atoms with Gasteiger partial charge in [-0.2, -0.15) is 0 Å². The van der Waals surface area contributed by atoms with Crippen LogP contribution in [0.5, 0.6) is 17.2 Å². The quantitative estimate of drug-likeness (QED) is 0.797. The maximum absolute atomic E-state index is 13.8. The molecule has 0 saturated heterocycles. The summed E-state index contributed by atoms with van der Waals surface area (Å²) >= 11 is 0. The van der Waals surface area contributed by atoms with Crippen LogP contribution in [-0.4, -0.2) is 42.2 Å². The van der Waals surface area contributed by atoms with Gasteiger partial charge >= 0.3 is 0 Å². The number of hydrogen-bond acceptors (Lipinski definition) is 5. The van der Waals surface area contributed by atoms with Gasteiger partial charge in [0.25, 0.3) is 0 Å². The lowest BCUT2D eigenvalue weighted by atomic mass is 10.1. The topological polar surface area (TPSA) is 71.0 Å². The van der Waals surface area contributed by atoms with Gasteiger partial charge < -0.3 is 19.9 Å². The van der Waals surface area contributed by atoms with E-state index in [1.165, 1.54) is 6.07 Å². The van der Waals surface area contributed by atoms with E-state index in [-0.39, 0.29) is 24.7 Å². The Bertz CT molecular complexity index is 859. The number of halogens is 1. The Kier molecular flexibility index (Phi) is 7.90. The Hall–Kier alpha value is -2.80. The highest BCUT2D eigenvalue weighted by molar-refractivity contribution is 5.78. The second-order valence-electron chi connectivity index (χ2n) is 7.33. The highest BCUT2D eigenvalue weighted by atomic mass is 19.1. The monoisotopic (exact) mass is 416 g/mol. The molecule has 1 aliphatic heterocycles. The summed E-state index contributed by atoms with van der Waals surface area (Å²) in [6, 6.07) is 10.1. The van der Waals surface area contributed by atoms with E-state index in [2.05, 4.69) is 5.32 Å². The number of nitrogens with zero attached hydrogens (tertiary/aromatic N) is 1. The number of aromatic hydroxyl groups is 1. The minimum Gasteiger partial charge on any atom is -0.505 e. The molecule has 2 N–H and O–H groups in total. The van der Waals surface area contributed by atoms with Gasteiger partial charge in [0.1, 0.15) is 0 Å². The number of ether oxygens (including phenoxy) is 2. The second kappa shape index (κ2) is 10.8. The van der Waals surface area contributed by atoms with Crippen molar-refractivity contribution in [3.05, 3.63) is 53.3 Å². The van der Waals surface area contributed by atoms with Gasteiger partial charge in [0.2, 0.25) is 5.91 Å². The summed E-state index contributed by atoms with van der Waals surface area (Å²) in [5.74, 6) is 0.175. The molecule has 1 aliphatic rings. The van der Waals surface area contributed by atoms with Crippen LogP contribution in [0, 0.1) is 5.82 Å². The summed E-state index contributed by atoms with van der Waals surface area (Å²) in [4.78, 5) is 14.3. The molecule has 0 saturated carbocycles. The van der Waals surface area contributed by atoms with Crippen molar-refractivity contribution in [2.75, 3.05) is 26.3 Å². The number of phenols is 1. The van der Waals surface area contributed by atoms with Crippen molar-refractivity contribution in [2.45, 2.75) is 39.3 Å². The summed E-state index contributed by atoms with van der Waals surface area (Å²) in [7, 11) is 0. The molecule has 1 heterocycles. The van der Waals surface area contributed by atoms with Crippen molar-refractivity contribution in [3.8, 4) is 17.2 Å². The van der Waals surface area contributed by atoms with E-state index in [4.69, 9.17) is 9.47 Å².